The zero-order valence-corrected chi connectivity index (χ0v) is 11.7. The molecule has 0 amide bonds. The molecule has 2 heterocycles. The van der Waals surface area contributed by atoms with Gasteiger partial charge in [0.05, 0.1) is 15.9 Å². The molecule has 1 aliphatic carbocycles. The summed E-state index contributed by atoms with van der Waals surface area (Å²) in [5.74, 6) is 0. The Bertz CT molecular complexity index is 792. The molecule has 3 aromatic rings. The molecule has 2 aromatic heterocycles. The monoisotopic (exact) mass is 318 g/mol. The minimum absolute atomic E-state index is 0.786. The van der Waals surface area contributed by atoms with Gasteiger partial charge in [0.25, 0.3) is 0 Å². The van der Waals surface area contributed by atoms with Crippen molar-refractivity contribution < 1.29 is 0 Å². The Hall–Kier alpha value is -1.32. The summed E-state index contributed by atoms with van der Waals surface area (Å²) in [6.07, 6.45) is 2.95. The predicted octanol–water partition coefficient (Wildman–Crippen LogP) is 4.32. The largest absolute Gasteiger partial charge is 0.302 e. The van der Waals surface area contributed by atoms with Gasteiger partial charge in [-0.05, 0) is 45.8 Å². The molecule has 0 radical (unpaired) electrons. The molecule has 1 aliphatic rings. The lowest BCUT2D eigenvalue weighted by Gasteiger charge is -2.01. The van der Waals surface area contributed by atoms with Crippen LogP contribution in [0.15, 0.2) is 41.0 Å². The molecule has 18 heavy (non-hydrogen) atoms. The van der Waals surface area contributed by atoms with E-state index in [4.69, 9.17) is 16.6 Å². The Morgan fingerprint density at radius 2 is 2.17 bits per heavy atom. The summed E-state index contributed by atoms with van der Waals surface area (Å²) in [6.45, 7) is 0. The number of benzene rings is 1. The van der Waals surface area contributed by atoms with Gasteiger partial charge in [0, 0.05) is 23.2 Å². The quantitative estimate of drug-likeness (QED) is 0.472. The van der Waals surface area contributed by atoms with Crippen molar-refractivity contribution in [3.05, 3.63) is 57.3 Å². The van der Waals surface area contributed by atoms with Crippen LogP contribution in [0.3, 0.4) is 0 Å². The highest BCUT2D eigenvalue weighted by Gasteiger charge is 2.24. The number of rotatable bonds is 0. The minimum Gasteiger partial charge on any atom is -0.302 e. The lowest BCUT2D eigenvalue weighted by Crippen LogP contribution is -1.91. The number of fused-ring (bicyclic) bond motifs is 5. The lowest BCUT2D eigenvalue weighted by atomic mass is 10.1. The first-order chi connectivity index (χ1) is 8.74. The van der Waals surface area contributed by atoms with Gasteiger partial charge in [-0.2, -0.15) is 0 Å². The predicted molar refractivity (Wildman–Crippen MR) is 76.1 cm³/mol. The van der Waals surface area contributed by atoms with Crippen LogP contribution in [0.4, 0.5) is 0 Å². The van der Waals surface area contributed by atoms with Gasteiger partial charge in [-0.3, -0.25) is 0 Å². The smallest absolute Gasteiger partial charge is 0.152 e. The Balaban J connectivity index is 2.07. The van der Waals surface area contributed by atoms with E-state index in [1.54, 1.807) is 0 Å². The van der Waals surface area contributed by atoms with Crippen LogP contribution in [-0.4, -0.2) is 9.38 Å². The van der Waals surface area contributed by atoms with Gasteiger partial charge >= 0.3 is 0 Å². The Morgan fingerprint density at radius 1 is 1.28 bits per heavy atom. The third-order valence-corrected chi connectivity index (χ3v) is 4.24. The van der Waals surface area contributed by atoms with Crippen molar-refractivity contribution in [2.24, 2.45) is 0 Å². The number of halogens is 2. The molecule has 1 aromatic carbocycles. The third-order valence-electron chi connectivity index (χ3n) is 3.38. The first kappa shape index (κ1) is 10.6. The molecule has 0 aliphatic heterocycles. The summed E-state index contributed by atoms with van der Waals surface area (Å²) in [6, 6.07) is 10.1. The van der Waals surface area contributed by atoms with E-state index in [1.807, 2.05) is 24.3 Å². The Kier molecular flexibility index (Phi) is 2.11. The molecule has 0 saturated heterocycles. The number of aromatic nitrogens is 2. The van der Waals surface area contributed by atoms with E-state index in [9.17, 15) is 0 Å². The molecule has 4 heteroatoms. The van der Waals surface area contributed by atoms with Crippen LogP contribution in [0, 0.1) is 0 Å². The molecule has 0 fully saturated rings. The fourth-order valence-corrected chi connectivity index (χ4v) is 3.21. The highest BCUT2D eigenvalue weighted by molar-refractivity contribution is 9.10. The summed E-state index contributed by atoms with van der Waals surface area (Å²) in [5.41, 5.74) is 5.75. The molecule has 88 valence electrons. The van der Waals surface area contributed by atoms with Crippen LogP contribution in [0.1, 0.15) is 11.3 Å². The van der Waals surface area contributed by atoms with E-state index in [2.05, 4.69) is 32.6 Å². The van der Waals surface area contributed by atoms with Crippen LogP contribution in [-0.2, 0) is 6.42 Å². The molecular weight excluding hydrogens is 312 g/mol. The molecule has 0 saturated carbocycles. The molecule has 0 atom stereocenters. The van der Waals surface area contributed by atoms with Crippen molar-refractivity contribution >= 4 is 33.2 Å². The van der Waals surface area contributed by atoms with Crippen LogP contribution >= 0.6 is 27.5 Å². The van der Waals surface area contributed by atoms with Gasteiger partial charge < -0.3 is 4.40 Å². The first-order valence-corrected chi connectivity index (χ1v) is 6.85. The van der Waals surface area contributed by atoms with E-state index in [-0.39, 0.29) is 0 Å². The molecular formula is C14H8BrClN2. The SMILES string of the molecule is Clc1ccc2c(c1)Cc1c-2nc2c(Br)cccn12. The number of hydrogen-bond donors (Lipinski definition) is 0. The van der Waals surface area contributed by atoms with Gasteiger partial charge in [-0.25, -0.2) is 4.98 Å². The fraction of sp³-hybridized carbons (Fsp3) is 0.0714. The Labute approximate surface area is 117 Å². The van der Waals surface area contributed by atoms with Gasteiger partial charge in [-0.15, -0.1) is 0 Å². The summed E-state index contributed by atoms with van der Waals surface area (Å²) in [4.78, 5) is 4.74. The second kappa shape index (κ2) is 3.59. The van der Waals surface area contributed by atoms with E-state index in [0.717, 1.165) is 27.3 Å². The first-order valence-electron chi connectivity index (χ1n) is 5.68. The summed E-state index contributed by atoms with van der Waals surface area (Å²) in [7, 11) is 0. The molecule has 0 N–H and O–H groups in total. The van der Waals surface area contributed by atoms with E-state index < -0.39 is 0 Å². The van der Waals surface area contributed by atoms with Gasteiger partial charge in [0.1, 0.15) is 0 Å². The maximum Gasteiger partial charge on any atom is 0.152 e. The minimum atomic E-state index is 0.786. The summed E-state index contributed by atoms with van der Waals surface area (Å²) in [5, 5.41) is 0.786. The normalized spacial score (nSPS) is 12.8. The van der Waals surface area contributed by atoms with Crippen molar-refractivity contribution in [3.63, 3.8) is 0 Å². The number of pyridine rings is 1. The fourth-order valence-electron chi connectivity index (χ4n) is 2.59. The zero-order valence-electron chi connectivity index (χ0n) is 9.32. The van der Waals surface area contributed by atoms with Crippen LogP contribution in [0.5, 0.6) is 0 Å². The second-order valence-electron chi connectivity index (χ2n) is 4.44. The van der Waals surface area contributed by atoms with Gasteiger partial charge in [-0.1, -0.05) is 17.7 Å². The van der Waals surface area contributed by atoms with Crippen molar-refractivity contribution in [2.75, 3.05) is 0 Å². The zero-order chi connectivity index (χ0) is 12.3. The number of hydrogen-bond acceptors (Lipinski definition) is 1. The molecule has 4 rings (SSSR count). The number of imidazole rings is 1. The van der Waals surface area contributed by atoms with Crippen molar-refractivity contribution in [1.29, 1.82) is 0 Å². The van der Waals surface area contributed by atoms with Crippen LogP contribution in [0.25, 0.3) is 16.9 Å². The third kappa shape index (κ3) is 1.32. The molecule has 2 nitrogen and oxygen atoms in total. The Morgan fingerprint density at radius 3 is 3.06 bits per heavy atom. The van der Waals surface area contributed by atoms with E-state index >= 15 is 0 Å². The summed E-state index contributed by atoms with van der Waals surface area (Å²) < 4.78 is 3.17. The average molecular weight is 320 g/mol. The average Bonchev–Trinajstić information content (AvgIpc) is 2.86. The lowest BCUT2D eigenvalue weighted by molar-refractivity contribution is 1.05. The van der Waals surface area contributed by atoms with Gasteiger partial charge in [0.15, 0.2) is 5.65 Å². The van der Waals surface area contributed by atoms with Crippen molar-refractivity contribution in [1.82, 2.24) is 9.38 Å². The number of nitrogens with zero attached hydrogens (tertiary/aromatic N) is 2. The summed E-state index contributed by atoms with van der Waals surface area (Å²) >= 11 is 9.59. The topological polar surface area (TPSA) is 17.3 Å². The molecule has 0 unspecified atom stereocenters. The standard InChI is InChI=1S/C14H8BrClN2/c15-11-2-1-5-18-12-7-8-6-9(16)3-4-10(8)13(12)17-14(11)18/h1-6H,7H2. The highest BCUT2D eigenvalue weighted by atomic mass is 79.9. The highest BCUT2D eigenvalue weighted by Crippen LogP contribution is 2.38. The molecule has 0 spiro atoms. The van der Waals surface area contributed by atoms with E-state index in [0.29, 0.717) is 0 Å². The maximum atomic E-state index is 6.04. The van der Waals surface area contributed by atoms with Crippen molar-refractivity contribution in [3.8, 4) is 11.3 Å². The molecule has 0 bridgehead atoms. The van der Waals surface area contributed by atoms with Gasteiger partial charge in [0.2, 0.25) is 0 Å². The van der Waals surface area contributed by atoms with E-state index in [1.165, 1.54) is 16.8 Å². The van der Waals surface area contributed by atoms with Crippen molar-refractivity contribution in [2.45, 2.75) is 6.42 Å². The van der Waals surface area contributed by atoms with Crippen LogP contribution < -0.4 is 0 Å². The van der Waals surface area contributed by atoms with Crippen LogP contribution in [0.2, 0.25) is 5.02 Å². The maximum absolute atomic E-state index is 6.04. The second-order valence-corrected chi connectivity index (χ2v) is 5.73.